The van der Waals surface area contributed by atoms with Crippen LogP contribution >= 0.6 is 0 Å². The van der Waals surface area contributed by atoms with Crippen LogP contribution in [0.5, 0.6) is 11.6 Å². The molecule has 3 N–H and O–H groups in total. The third-order valence-corrected chi connectivity index (χ3v) is 3.19. The standard InChI is InChI=1S/C16H14N4O/c1-10-6-8-20-16(14(10)15(17)18)21-12-5-4-11-3-2-7-19-13(11)9-12/h2-9H,1H3,(H3,17,18). The van der Waals surface area contributed by atoms with Gasteiger partial charge in [0.2, 0.25) is 5.88 Å². The summed E-state index contributed by atoms with van der Waals surface area (Å²) in [5.41, 5.74) is 7.82. The third-order valence-electron chi connectivity index (χ3n) is 3.19. The first-order valence-electron chi connectivity index (χ1n) is 6.48. The molecule has 21 heavy (non-hydrogen) atoms. The van der Waals surface area contributed by atoms with Gasteiger partial charge in [0.15, 0.2) is 0 Å². The molecule has 0 fully saturated rings. The number of nitrogen functional groups attached to an aromatic ring is 1. The fourth-order valence-corrected chi connectivity index (χ4v) is 2.16. The number of nitrogens with two attached hydrogens (primary N) is 1. The SMILES string of the molecule is Cc1ccnc(Oc2ccc3cccnc3c2)c1C(=N)N. The maximum Gasteiger partial charge on any atom is 0.230 e. The number of fused-ring (bicyclic) bond motifs is 1. The van der Waals surface area contributed by atoms with Gasteiger partial charge in [-0.15, -0.1) is 0 Å². The van der Waals surface area contributed by atoms with Crippen LogP contribution in [0.4, 0.5) is 0 Å². The number of nitrogens with one attached hydrogen (secondary N) is 1. The Balaban J connectivity index is 2.02. The van der Waals surface area contributed by atoms with Crippen LogP contribution in [0.1, 0.15) is 11.1 Å². The minimum atomic E-state index is -0.0606. The number of aryl methyl sites for hydroxylation is 1. The number of aromatic nitrogens is 2. The van der Waals surface area contributed by atoms with Crippen LogP contribution < -0.4 is 10.5 Å². The Hall–Kier alpha value is -2.95. The summed E-state index contributed by atoms with van der Waals surface area (Å²) < 4.78 is 5.79. The molecule has 0 saturated heterocycles. The third kappa shape index (κ3) is 2.53. The number of hydrogen-bond acceptors (Lipinski definition) is 4. The highest BCUT2D eigenvalue weighted by Crippen LogP contribution is 2.27. The van der Waals surface area contributed by atoms with Crippen LogP contribution in [0.2, 0.25) is 0 Å². The normalized spacial score (nSPS) is 10.5. The van der Waals surface area contributed by atoms with E-state index in [0.717, 1.165) is 16.5 Å². The molecule has 3 rings (SSSR count). The van der Waals surface area contributed by atoms with Gasteiger partial charge in [-0.1, -0.05) is 6.07 Å². The number of nitrogens with zero attached hydrogens (tertiary/aromatic N) is 2. The van der Waals surface area contributed by atoms with Crippen molar-refractivity contribution < 1.29 is 4.74 Å². The van der Waals surface area contributed by atoms with Gasteiger partial charge in [-0.25, -0.2) is 4.98 Å². The molecule has 3 aromatic rings. The van der Waals surface area contributed by atoms with Crippen LogP contribution in [0.15, 0.2) is 48.8 Å². The summed E-state index contributed by atoms with van der Waals surface area (Å²) in [6, 6.07) is 11.3. The lowest BCUT2D eigenvalue weighted by Crippen LogP contribution is -2.14. The molecule has 0 aliphatic heterocycles. The van der Waals surface area contributed by atoms with Crippen molar-refractivity contribution in [1.82, 2.24) is 9.97 Å². The molecule has 104 valence electrons. The smallest absolute Gasteiger partial charge is 0.230 e. The van der Waals surface area contributed by atoms with E-state index in [4.69, 9.17) is 15.9 Å². The van der Waals surface area contributed by atoms with E-state index in [1.807, 2.05) is 37.3 Å². The second-order valence-corrected chi connectivity index (χ2v) is 4.68. The summed E-state index contributed by atoms with van der Waals surface area (Å²) in [6.07, 6.45) is 3.37. The summed E-state index contributed by atoms with van der Waals surface area (Å²) >= 11 is 0. The van der Waals surface area contributed by atoms with Gasteiger partial charge in [0.1, 0.15) is 11.6 Å². The first-order valence-corrected chi connectivity index (χ1v) is 6.48. The van der Waals surface area contributed by atoms with Crippen molar-refractivity contribution in [2.45, 2.75) is 6.92 Å². The highest BCUT2D eigenvalue weighted by Gasteiger charge is 2.12. The summed E-state index contributed by atoms with van der Waals surface area (Å²) in [6.45, 7) is 1.87. The highest BCUT2D eigenvalue weighted by atomic mass is 16.5. The highest BCUT2D eigenvalue weighted by molar-refractivity contribution is 5.98. The predicted octanol–water partition coefficient (Wildman–Crippen LogP) is 3.01. The van der Waals surface area contributed by atoms with Crippen LogP contribution in [0, 0.1) is 12.3 Å². The van der Waals surface area contributed by atoms with Crippen molar-refractivity contribution in [1.29, 1.82) is 5.41 Å². The molecular weight excluding hydrogens is 264 g/mol. The Morgan fingerprint density at radius 1 is 1.14 bits per heavy atom. The zero-order valence-electron chi connectivity index (χ0n) is 11.5. The molecule has 2 aromatic heterocycles. The van der Waals surface area contributed by atoms with Gasteiger partial charge in [0.05, 0.1) is 11.1 Å². The molecule has 0 aliphatic rings. The first kappa shape index (κ1) is 13.1. The van der Waals surface area contributed by atoms with Gasteiger partial charge in [0, 0.05) is 23.8 Å². The molecule has 1 aromatic carbocycles. The van der Waals surface area contributed by atoms with Crippen LogP contribution in [-0.4, -0.2) is 15.8 Å². The van der Waals surface area contributed by atoms with Crippen molar-refractivity contribution in [2.24, 2.45) is 5.73 Å². The first-order chi connectivity index (χ1) is 10.1. The Morgan fingerprint density at radius 3 is 2.81 bits per heavy atom. The molecule has 5 nitrogen and oxygen atoms in total. The average molecular weight is 278 g/mol. The number of benzene rings is 1. The van der Waals surface area contributed by atoms with Crippen molar-refractivity contribution >= 4 is 16.7 Å². The monoisotopic (exact) mass is 278 g/mol. The maximum atomic E-state index is 7.66. The van der Waals surface area contributed by atoms with Crippen molar-refractivity contribution in [3.8, 4) is 11.6 Å². The lowest BCUT2D eigenvalue weighted by Gasteiger charge is -2.11. The summed E-state index contributed by atoms with van der Waals surface area (Å²) in [7, 11) is 0. The van der Waals surface area contributed by atoms with Crippen molar-refractivity contribution in [2.75, 3.05) is 0 Å². The second-order valence-electron chi connectivity index (χ2n) is 4.68. The Morgan fingerprint density at radius 2 is 2.00 bits per heavy atom. The Labute approximate surface area is 121 Å². The number of rotatable bonds is 3. The number of pyridine rings is 2. The zero-order chi connectivity index (χ0) is 14.8. The Kier molecular flexibility index (Phi) is 3.23. The summed E-state index contributed by atoms with van der Waals surface area (Å²) in [4.78, 5) is 8.46. The van der Waals surface area contributed by atoms with Gasteiger partial charge in [-0.2, -0.15) is 0 Å². The van der Waals surface area contributed by atoms with Gasteiger partial charge < -0.3 is 10.5 Å². The molecule has 0 amide bonds. The minimum absolute atomic E-state index is 0.0606. The van der Waals surface area contributed by atoms with E-state index in [-0.39, 0.29) is 5.84 Å². The van der Waals surface area contributed by atoms with Crippen LogP contribution in [0.25, 0.3) is 10.9 Å². The lowest BCUT2D eigenvalue weighted by atomic mass is 10.1. The zero-order valence-corrected chi connectivity index (χ0v) is 11.5. The topological polar surface area (TPSA) is 84.9 Å². The maximum absolute atomic E-state index is 7.66. The van der Waals surface area contributed by atoms with E-state index in [1.54, 1.807) is 18.5 Å². The number of ether oxygens (including phenoxy) is 1. The molecule has 0 atom stereocenters. The van der Waals surface area contributed by atoms with E-state index >= 15 is 0 Å². The molecular formula is C16H14N4O. The second kappa shape index (κ2) is 5.20. The molecule has 0 spiro atoms. The van der Waals surface area contributed by atoms with Gasteiger partial charge in [0.25, 0.3) is 0 Å². The number of hydrogen-bond donors (Lipinski definition) is 2. The van der Waals surface area contributed by atoms with E-state index in [0.29, 0.717) is 17.2 Å². The predicted molar refractivity (Wildman–Crippen MR) is 81.8 cm³/mol. The van der Waals surface area contributed by atoms with E-state index < -0.39 is 0 Å². The molecule has 0 unspecified atom stereocenters. The quantitative estimate of drug-likeness (QED) is 0.569. The molecule has 0 aliphatic carbocycles. The number of amidine groups is 1. The van der Waals surface area contributed by atoms with Crippen molar-refractivity contribution in [3.63, 3.8) is 0 Å². The fraction of sp³-hybridized carbons (Fsp3) is 0.0625. The van der Waals surface area contributed by atoms with Gasteiger partial charge in [-0.05, 0) is 36.8 Å². The largest absolute Gasteiger partial charge is 0.438 e. The lowest BCUT2D eigenvalue weighted by molar-refractivity contribution is 0.462. The minimum Gasteiger partial charge on any atom is -0.438 e. The van der Waals surface area contributed by atoms with E-state index in [1.165, 1.54) is 0 Å². The summed E-state index contributed by atoms with van der Waals surface area (Å²) in [5, 5.41) is 8.70. The molecule has 2 heterocycles. The molecule has 0 radical (unpaired) electrons. The van der Waals surface area contributed by atoms with E-state index in [2.05, 4.69) is 9.97 Å². The Bertz CT molecular complexity index is 829. The van der Waals surface area contributed by atoms with E-state index in [9.17, 15) is 0 Å². The fourth-order valence-electron chi connectivity index (χ4n) is 2.16. The van der Waals surface area contributed by atoms with Crippen molar-refractivity contribution in [3.05, 3.63) is 59.9 Å². The van der Waals surface area contributed by atoms with Gasteiger partial charge >= 0.3 is 0 Å². The molecule has 0 saturated carbocycles. The molecule has 0 bridgehead atoms. The summed E-state index contributed by atoms with van der Waals surface area (Å²) in [5.74, 6) is 0.883. The molecule has 5 heteroatoms. The average Bonchev–Trinajstić information content (AvgIpc) is 2.47. The van der Waals surface area contributed by atoms with Crippen LogP contribution in [0.3, 0.4) is 0 Å². The van der Waals surface area contributed by atoms with Crippen LogP contribution in [-0.2, 0) is 0 Å². The van der Waals surface area contributed by atoms with Gasteiger partial charge in [-0.3, -0.25) is 10.4 Å².